The van der Waals surface area contributed by atoms with Crippen LogP contribution in [0, 0.1) is 11.3 Å². The van der Waals surface area contributed by atoms with Gasteiger partial charge in [0, 0.05) is 0 Å². The van der Waals surface area contributed by atoms with Gasteiger partial charge >= 0.3 is 0 Å². The first-order valence-corrected chi connectivity index (χ1v) is 6.32. The van der Waals surface area contributed by atoms with Crippen LogP contribution in [0.1, 0.15) is 38.2 Å². The maximum atomic E-state index is 6.88. The van der Waals surface area contributed by atoms with Gasteiger partial charge in [-0.05, 0) is 29.7 Å². The van der Waals surface area contributed by atoms with Crippen LogP contribution in [0.2, 0.25) is 0 Å². The molecule has 1 aromatic rings. The minimum atomic E-state index is -0.0508. The Balaban J connectivity index is 2.00. The highest BCUT2D eigenvalue weighted by atomic mass is 35.5. The standard InChI is InChI=1S/C14H17Cl/c1-13-10-6-5-9-12(13)14(13,15)11-7-3-2-4-8-11/h2-4,7-8,12H,5-6,9-10H2,1H3/t12-,13+,14+/m1/s1. The fourth-order valence-electron chi connectivity index (χ4n) is 3.65. The van der Waals surface area contributed by atoms with Crippen molar-refractivity contribution in [3.05, 3.63) is 35.9 Å². The zero-order chi connectivity index (χ0) is 10.5. The van der Waals surface area contributed by atoms with E-state index in [1.807, 2.05) is 0 Å². The molecular formula is C14H17Cl. The summed E-state index contributed by atoms with van der Waals surface area (Å²) in [5, 5.41) is 0. The molecule has 0 spiro atoms. The van der Waals surface area contributed by atoms with Gasteiger partial charge in [-0.2, -0.15) is 0 Å². The third-order valence-corrected chi connectivity index (χ3v) is 5.54. The van der Waals surface area contributed by atoms with E-state index < -0.39 is 0 Å². The Morgan fingerprint density at radius 2 is 1.93 bits per heavy atom. The van der Waals surface area contributed by atoms with Crippen molar-refractivity contribution in [2.45, 2.75) is 37.5 Å². The molecule has 1 aromatic carbocycles. The summed E-state index contributed by atoms with van der Waals surface area (Å²) >= 11 is 6.88. The molecule has 2 aliphatic carbocycles. The summed E-state index contributed by atoms with van der Waals surface area (Å²) < 4.78 is 0. The molecule has 15 heavy (non-hydrogen) atoms. The smallest absolute Gasteiger partial charge is 0.0785 e. The SMILES string of the molecule is C[C@]12CCCC[C@H]1[C@@]2(Cl)c1ccccc1. The molecule has 3 atom stereocenters. The molecule has 0 N–H and O–H groups in total. The van der Waals surface area contributed by atoms with Gasteiger partial charge in [0.1, 0.15) is 0 Å². The third-order valence-electron chi connectivity index (χ3n) is 4.63. The van der Waals surface area contributed by atoms with Gasteiger partial charge in [0.25, 0.3) is 0 Å². The summed E-state index contributed by atoms with van der Waals surface area (Å²) in [6, 6.07) is 10.7. The van der Waals surface area contributed by atoms with Crippen LogP contribution in [-0.2, 0) is 4.87 Å². The summed E-state index contributed by atoms with van der Waals surface area (Å²) in [6.07, 6.45) is 5.33. The number of hydrogen-bond donors (Lipinski definition) is 0. The van der Waals surface area contributed by atoms with E-state index >= 15 is 0 Å². The van der Waals surface area contributed by atoms with E-state index in [9.17, 15) is 0 Å². The second kappa shape index (κ2) is 3.01. The highest BCUT2D eigenvalue weighted by Crippen LogP contribution is 2.77. The van der Waals surface area contributed by atoms with Gasteiger partial charge in [-0.3, -0.25) is 0 Å². The predicted molar refractivity (Wildman–Crippen MR) is 64.0 cm³/mol. The summed E-state index contributed by atoms with van der Waals surface area (Å²) in [4.78, 5) is -0.0508. The Bertz CT molecular complexity index is 372. The minimum absolute atomic E-state index is 0.0508. The Morgan fingerprint density at radius 1 is 1.20 bits per heavy atom. The van der Waals surface area contributed by atoms with Gasteiger partial charge < -0.3 is 0 Å². The number of hydrogen-bond acceptors (Lipinski definition) is 0. The lowest BCUT2D eigenvalue weighted by Gasteiger charge is -2.17. The van der Waals surface area contributed by atoms with Crippen LogP contribution in [0.4, 0.5) is 0 Å². The second-order valence-corrected chi connectivity index (χ2v) is 5.89. The van der Waals surface area contributed by atoms with E-state index in [0.717, 1.165) is 0 Å². The third kappa shape index (κ3) is 1.09. The second-order valence-electron chi connectivity index (χ2n) is 5.29. The van der Waals surface area contributed by atoms with Crippen molar-refractivity contribution < 1.29 is 0 Å². The molecule has 3 rings (SSSR count). The number of rotatable bonds is 1. The largest absolute Gasteiger partial charge is 0.113 e. The molecule has 0 nitrogen and oxygen atoms in total. The van der Waals surface area contributed by atoms with Crippen molar-refractivity contribution in [2.24, 2.45) is 11.3 Å². The monoisotopic (exact) mass is 220 g/mol. The van der Waals surface area contributed by atoms with Gasteiger partial charge in [-0.15, -0.1) is 11.6 Å². The van der Waals surface area contributed by atoms with E-state index in [4.69, 9.17) is 11.6 Å². The average Bonchev–Trinajstić information content (AvgIpc) is 2.80. The van der Waals surface area contributed by atoms with Gasteiger partial charge in [0.15, 0.2) is 0 Å². The van der Waals surface area contributed by atoms with Crippen LogP contribution in [0.3, 0.4) is 0 Å². The van der Waals surface area contributed by atoms with E-state index in [1.54, 1.807) is 0 Å². The van der Waals surface area contributed by atoms with Crippen molar-refractivity contribution in [1.29, 1.82) is 0 Å². The van der Waals surface area contributed by atoms with Gasteiger partial charge in [-0.25, -0.2) is 0 Å². The zero-order valence-corrected chi connectivity index (χ0v) is 9.93. The lowest BCUT2D eigenvalue weighted by Crippen LogP contribution is -2.09. The molecule has 0 saturated heterocycles. The molecule has 0 radical (unpaired) electrons. The topological polar surface area (TPSA) is 0 Å². The Kier molecular flexibility index (Phi) is 1.95. The Morgan fingerprint density at radius 3 is 2.53 bits per heavy atom. The van der Waals surface area contributed by atoms with Crippen LogP contribution in [0.25, 0.3) is 0 Å². The maximum absolute atomic E-state index is 6.88. The van der Waals surface area contributed by atoms with Crippen molar-refractivity contribution >= 4 is 11.6 Å². The minimum Gasteiger partial charge on any atom is -0.113 e. The molecule has 0 heterocycles. The predicted octanol–water partition coefficient (Wildman–Crippen LogP) is 4.33. The van der Waals surface area contributed by atoms with Crippen LogP contribution < -0.4 is 0 Å². The van der Waals surface area contributed by atoms with Crippen LogP contribution in [0.15, 0.2) is 30.3 Å². The number of alkyl halides is 1. The molecule has 0 aliphatic heterocycles. The molecule has 2 fully saturated rings. The zero-order valence-electron chi connectivity index (χ0n) is 9.17. The van der Waals surface area contributed by atoms with Crippen LogP contribution >= 0.6 is 11.6 Å². The van der Waals surface area contributed by atoms with Crippen molar-refractivity contribution in [3.8, 4) is 0 Å². The lowest BCUT2D eigenvalue weighted by molar-refractivity contribution is 0.362. The Labute approximate surface area is 96.6 Å². The molecule has 0 amide bonds. The van der Waals surface area contributed by atoms with E-state index in [1.165, 1.54) is 31.2 Å². The summed E-state index contributed by atoms with van der Waals surface area (Å²) in [6.45, 7) is 2.37. The number of halogens is 1. The molecule has 0 aromatic heterocycles. The highest BCUT2D eigenvalue weighted by Gasteiger charge is 2.73. The normalized spacial score (nSPS) is 43.5. The Hall–Kier alpha value is -0.490. The lowest BCUT2D eigenvalue weighted by atomic mass is 9.89. The fraction of sp³-hybridized carbons (Fsp3) is 0.571. The maximum Gasteiger partial charge on any atom is 0.0785 e. The highest BCUT2D eigenvalue weighted by molar-refractivity contribution is 6.27. The number of fused-ring (bicyclic) bond motifs is 1. The van der Waals surface area contributed by atoms with Crippen LogP contribution in [0.5, 0.6) is 0 Å². The fourth-order valence-corrected chi connectivity index (χ4v) is 4.30. The van der Waals surface area contributed by atoms with Crippen molar-refractivity contribution in [3.63, 3.8) is 0 Å². The quantitative estimate of drug-likeness (QED) is 0.618. The first-order valence-electron chi connectivity index (χ1n) is 5.94. The molecular weight excluding hydrogens is 204 g/mol. The first-order chi connectivity index (χ1) is 7.19. The molecule has 0 bridgehead atoms. The molecule has 2 saturated carbocycles. The van der Waals surface area contributed by atoms with E-state index in [0.29, 0.717) is 11.3 Å². The summed E-state index contributed by atoms with van der Waals surface area (Å²) in [5.74, 6) is 0.711. The first kappa shape index (κ1) is 9.72. The summed E-state index contributed by atoms with van der Waals surface area (Å²) in [7, 11) is 0. The molecule has 1 heteroatoms. The molecule has 80 valence electrons. The molecule has 0 unspecified atom stereocenters. The van der Waals surface area contributed by atoms with Gasteiger partial charge in [0.2, 0.25) is 0 Å². The van der Waals surface area contributed by atoms with Gasteiger partial charge in [0.05, 0.1) is 4.87 Å². The van der Waals surface area contributed by atoms with Crippen LogP contribution in [-0.4, -0.2) is 0 Å². The van der Waals surface area contributed by atoms with Gasteiger partial charge in [-0.1, -0.05) is 50.1 Å². The van der Waals surface area contributed by atoms with Crippen molar-refractivity contribution in [2.75, 3.05) is 0 Å². The molecule has 2 aliphatic rings. The van der Waals surface area contributed by atoms with Crippen molar-refractivity contribution in [1.82, 2.24) is 0 Å². The number of benzene rings is 1. The van der Waals surface area contributed by atoms with E-state index in [2.05, 4.69) is 37.3 Å². The van der Waals surface area contributed by atoms with E-state index in [-0.39, 0.29) is 4.87 Å². The summed E-state index contributed by atoms with van der Waals surface area (Å²) in [5.41, 5.74) is 1.70. The average molecular weight is 221 g/mol.